The molecule has 142 valence electrons. The van der Waals surface area contributed by atoms with Gasteiger partial charge in [0.25, 0.3) is 0 Å². The van der Waals surface area contributed by atoms with Crippen LogP contribution in [0.1, 0.15) is 23.2 Å². The molecule has 0 N–H and O–H groups in total. The maximum absolute atomic E-state index is 12.5. The second kappa shape index (κ2) is 7.31. The number of hydrogen-bond donors (Lipinski definition) is 0. The molecule has 0 saturated heterocycles. The van der Waals surface area contributed by atoms with Crippen LogP contribution in [0.3, 0.4) is 0 Å². The summed E-state index contributed by atoms with van der Waals surface area (Å²) in [7, 11) is 3.80. The molecule has 3 aromatic rings. The molecule has 0 fully saturated rings. The lowest BCUT2D eigenvalue weighted by Gasteiger charge is -2.16. The molecule has 1 amide bonds. The third-order valence-corrected chi connectivity index (χ3v) is 5.00. The largest absolute Gasteiger partial charge is 0.407 e. The van der Waals surface area contributed by atoms with Crippen molar-refractivity contribution in [3.05, 3.63) is 65.5 Å². The Hall–Kier alpha value is -3.41. The summed E-state index contributed by atoms with van der Waals surface area (Å²) in [5, 5.41) is 1.16. The summed E-state index contributed by atoms with van der Waals surface area (Å²) in [4.78, 5) is 29.7. The highest BCUT2D eigenvalue weighted by Crippen LogP contribution is 2.24. The first kappa shape index (κ1) is 18.0. The van der Waals surface area contributed by atoms with Gasteiger partial charge in [0.1, 0.15) is 0 Å². The molecule has 2 aromatic heterocycles. The van der Waals surface area contributed by atoms with E-state index >= 15 is 0 Å². The standard InChI is InChI=1S/C22H21N3O3/c1-24(14-18-12-16-5-3-4-6-19(16)25(18)2)20(26)9-7-15-11-17-8-10-21(27)28-22(17)23-13-15/h3-7,9,11-13H,8,10,14H2,1-2H3/b9-7+. The third kappa shape index (κ3) is 3.53. The lowest BCUT2D eigenvalue weighted by molar-refractivity contribution is -0.135. The topological polar surface area (TPSA) is 64.4 Å². The molecule has 6 nitrogen and oxygen atoms in total. The molecular weight excluding hydrogens is 354 g/mol. The number of aromatic nitrogens is 2. The Morgan fingerprint density at radius 2 is 2.11 bits per heavy atom. The Balaban J connectivity index is 1.45. The van der Waals surface area contributed by atoms with Crippen molar-refractivity contribution in [3.8, 4) is 5.88 Å². The zero-order valence-corrected chi connectivity index (χ0v) is 15.9. The first-order valence-corrected chi connectivity index (χ1v) is 9.17. The quantitative estimate of drug-likeness (QED) is 0.519. The van der Waals surface area contributed by atoms with Gasteiger partial charge in [-0.3, -0.25) is 9.59 Å². The van der Waals surface area contributed by atoms with Crippen molar-refractivity contribution in [2.75, 3.05) is 7.05 Å². The zero-order valence-electron chi connectivity index (χ0n) is 15.9. The van der Waals surface area contributed by atoms with Crippen LogP contribution in [0.25, 0.3) is 17.0 Å². The van der Waals surface area contributed by atoms with E-state index in [-0.39, 0.29) is 11.9 Å². The molecule has 1 aromatic carbocycles. The highest BCUT2D eigenvalue weighted by Gasteiger charge is 2.18. The molecule has 0 unspecified atom stereocenters. The van der Waals surface area contributed by atoms with E-state index in [0.29, 0.717) is 25.3 Å². The monoisotopic (exact) mass is 375 g/mol. The molecule has 0 atom stereocenters. The fourth-order valence-electron chi connectivity index (χ4n) is 3.39. The van der Waals surface area contributed by atoms with Crippen LogP contribution in [0.15, 0.2) is 48.7 Å². The zero-order chi connectivity index (χ0) is 19.7. The van der Waals surface area contributed by atoms with E-state index in [2.05, 4.69) is 27.8 Å². The van der Waals surface area contributed by atoms with Crippen LogP contribution in [-0.4, -0.2) is 33.4 Å². The lowest BCUT2D eigenvalue weighted by atomic mass is 10.1. The number of ether oxygens (including phenoxy) is 1. The van der Waals surface area contributed by atoms with E-state index in [0.717, 1.165) is 27.7 Å². The van der Waals surface area contributed by atoms with Crippen molar-refractivity contribution in [2.45, 2.75) is 19.4 Å². The Morgan fingerprint density at radius 1 is 1.29 bits per heavy atom. The Morgan fingerprint density at radius 3 is 2.93 bits per heavy atom. The molecule has 0 spiro atoms. The van der Waals surface area contributed by atoms with E-state index < -0.39 is 0 Å². The smallest absolute Gasteiger partial charge is 0.312 e. The van der Waals surface area contributed by atoms with Crippen molar-refractivity contribution in [3.63, 3.8) is 0 Å². The van der Waals surface area contributed by atoms with E-state index in [4.69, 9.17) is 4.74 Å². The minimum atomic E-state index is -0.256. The molecule has 1 aliphatic heterocycles. The first-order chi connectivity index (χ1) is 13.5. The second-order valence-electron chi connectivity index (χ2n) is 6.99. The molecule has 3 heterocycles. The van der Waals surface area contributed by atoms with Gasteiger partial charge >= 0.3 is 5.97 Å². The highest BCUT2D eigenvalue weighted by molar-refractivity contribution is 5.91. The van der Waals surface area contributed by atoms with Gasteiger partial charge in [-0.05, 0) is 41.6 Å². The molecule has 0 radical (unpaired) electrons. The van der Waals surface area contributed by atoms with E-state index in [1.54, 1.807) is 30.3 Å². The number of nitrogens with zero attached hydrogens (tertiary/aromatic N) is 3. The number of rotatable bonds is 4. The van der Waals surface area contributed by atoms with Crippen LogP contribution in [0.2, 0.25) is 0 Å². The molecule has 0 saturated carbocycles. The van der Waals surface area contributed by atoms with Gasteiger partial charge in [-0.2, -0.15) is 0 Å². The number of likely N-dealkylation sites (N-methyl/N-ethyl adjacent to an activating group) is 1. The van der Waals surface area contributed by atoms with Gasteiger partial charge in [-0.25, -0.2) is 4.98 Å². The Kier molecular flexibility index (Phi) is 4.69. The number of aryl methyl sites for hydroxylation is 2. The van der Waals surface area contributed by atoms with Crippen LogP contribution in [0, 0.1) is 0 Å². The van der Waals surface area contributed by atoms with Crippen LogP contribution < -0.4 is 4.74 Å². The summed E-state index contributed by atoms with van der Waals surface area (Å²) in [6, 6.07) is 12.2. The fraction of sp³-hybridized carbons (Fsp3) is 0.227. The maximum Gasteiger partial charge on any atom is 0.312 e. The fourth-order valence-corrected chi connectivity index (χ4v) is 3.39. The van der Waals surface area contributed by atoms with Gasteiger partial charge in [0.05, 0.1) is 13.0 Å². The second-order valence-corrected chi connectivity index (χ2v) is 6.99. The summed E-state index contributed by atoms with van der Waals surface area (Å²) < 4.78 is 7.21. The number of carbonyl (C=O) groups is 2. The predicted octanol–water partition coefficient (Wildman–Crippen LogP) is 3.10. The SMILES string of the molecule is CN(Cc1cc2ccccc2n1C)C(=O)/C=C/c1cnc2c(c1)CCC(=O)O2. The lowest BCUT2D eigenvalue weighted by Crippen LogP contribution is -2.25. The number of pyridine rings is 1. The average molecular weight is 375 g/mol. The van der Waals surface area contributed by atoms with E-state index in [1.807, 2.05) is 25.2 Å². The van der Waals surface area contributed by atoms with Crippen LogP contribution in [-0.2, 0) is 29.6 Å². The van der Waals surface area contributed by atoms with Gasteiger partial charge in [0.2, 0.25) is 11.8 Å². The summed E-state index contributed by atoms with van der Waals surface area (Å²) in [5.74, 6) is 0.0236. The van der Waals surface area contributed by atoms with Crippen molar-refractivity contribution in [2.24, 2.45) is 7.05 Å². The number of para-hydroxylation sites is 1. The van der Waals surface area contributed by atoms with Gasteiger partial charge < -0.3 is 14.2 Å². The van der Waals surface area contributed by atoms with Gasteiger partial charge in [0, 0.05) is 43.1 Å². The minimum Gasteiger partial charge on any atom is -0.407 e. The highest BCUT2D eigenvalue weighted by atomic mass is 16.5. The first-order valence-electron chi connectivity index (χ1n) is 9.17. The van der Waals surface area contributed by atoms with Crippen molar-refractivity contribution in [1.82, 2.24) is 14.5 Å². The molecule has 6 heteroatoms. The number of esters is 1. The number of hydrogen-bond acceptors (Lipinski definition) is 4. The molecule has 0 bridgehead atoms. The summed E-state index contributed by atoms with van der Waals surface area (Å²) in [6.07, 6.45) is 5.85. The predicted molar refractivity (Wildman–Crippen MR) is 107 cm³/mol. The number of carbonyl (C=O) groups excluding carboxylic acids is 2. The molecule has 0 aliphatic carbocycles. The molecule has 28 heavy (non-hydrogen) atoms. The molecule has 4 rings (SSSR count). The minimum absolute atomic E-state index is 0.0885. The molecular formula is C22H21N3O3. The summed E-state index contributed by atoms with van der Waals surface area (Å²) in [6.45, 7) is 0.521. The average Bonchev–Trinajstić information content (AvgIpc) is 3.01. The van der Waals surface area contributed by atoms with Gasteiger partial charge in [-0.15, -0.1) is 0 Å². The normalized spacial score (nSPS) is 13.6. The van der Waals surface area contributed by atoms with Crippen LogP contribution in [0.5, 0.6) is 5.88 Å². The number of benzene rings is 1. The van der Waals surface area contributed by atoms with E-state index in [9.17, 15) is 9.59 Å². The van der Waals surface area contributed by atoms with Crippen LogP contribution in [0.4, 0.5) is 0 Å². The Labute approximate surface area is 163 Å². The van der Waals surface area contributed by atoms with Crippen molar-refractivity contribution < 1.29 is 14.3 Å². The summed E-state index contributed by atoms with van der Waals surface area (Å²) >= 11 is 0. The van der Waals surface area contributed by atoms with Gasteiger partial charge in [0.15, 0.2) is 0 Å². The summed E-state index contributed by atoms with van der Waals surface area (Å²) in [5.41, 5.74) is 3.92. The Bertz CT molecular complexity index is 1100. The number of amides is 1. The number of fused-ring (bicyclic) bond motifs is 2. The van der Waals surface area contributed by atoms with Crippen LogP contribution >= 0.6 is 0 Å². The van der Waals surface area contributed by atoms with E-state index in [1.165, 1.54) is 0 Å². The maximum atomic E-state index is 12.5. The molecule has 1 aliphatic rings. The van der Waals surface area contributed by atoms with Gasteiger partial charge in [-0.1, -0.05) is 18.2 Å². The third-order valence-electron chi connectivity index (χ3n) is 5.00. The van der Waals surface area contributed by atoms with Crippen molar-refractivity contribution in [1.29, 1.82) is 0 Å². The van der Waals surface area contributed by atoms with Crippen molar-refractivity contribution >= 4 is 28.9 Å².